The van der Waals surface area contributed by atoms with Crippen molar-refractivity contribution < 1.29 is 14.6 Å². The quantitative estimate of drug-likeness (QED) is 0.304. The molecule has 2 aromatic carbocycles. The molecule has 0 aliphatic rings. The van der Waals surface area contributed by atoms with Crippen molar-refractivity contribution in [3.8, 4) is 23.8 Å². The molecule has 0 heterocycles. The monoisotopic (exact) mass is 636 g/mol. The van der Waals surface area contributed by atoms with Crippen molar-refractivity contribution in [2.45, 2.75) is 32.3 Å². The lowest BCUT2D eigenvalue weighted by Gasteiger charge is -2.15. The summed E-state index contributed by atoms with van der Waals surface area (Å²) in [6.07, 6.45) is 6.47. The normalized spacial score (nSPS) is 11.8. The molecule has 0 bridgehead atoms. The van der Waals surface area contributed by atoms with E-state index < -0.39 is 6.10 Å². The second-order valence-electron chi connectivity index (χ2n) is 6.18. The van der Waals surface area contributed by atoms with Crippen LogP contribution in [0, 0.1) is 12.3 Å². The highest BCUT2D eigenvalue weighted by molar-refractivity contribution is 9.11. The third-order valence-corrected chi connectivity index (χ3v) is 6.10. The molecule has 1 unspecified atom stereocenters. The summed E-state index contributed by atoms with van der Waals surface area (Å²) in [4.78, 5) is 0. The Labute approximate surface area is 199 Å². The smallest absolute Gasteiger partial charge is 0.147 e. The zero-order chi connectivity index (χ0) is 20.7. The van der Waals surface area contributed by atoms with Crippen LogP contribution in [-0.2, 0) is 6.42 Å². The van der Waals surface area contributed by atoms with E-state index in [4.69, 9.17) is 15.9 Å². The van der Waals surface area contributed by atoms with E-state index in [1.807, 2.05) is 12.1 Å². The van der Waals surface area contributed by atoms with E-state index in [0.29, 0.717) is 12.4 Å². The van der Waals surface area contributed by atoms with Crippen LogP contribution < -0.4 is 9.47 Å². The molecule has 0 radical (unpaired) electrons. The molecular formula is C21H20Br4O3. The number of ether oxygens (including phenoxy) is 2. The van der Waals surface area contributed by atoms with Gasteiger partial charge in [0.2, 0.25) is 0 Å². The highest BCUT2D eigenvalue weighted by atomic mass is 79.9. The average Bonchev–Trinajstić information content (AvgIpc) is 2.60. The lowest BCUT2D eigenvalue weighted by atomic mass is 10.0. The van der Waals surface area contributed by atoms with Crippen LogP contribution in [0.25, 0.3) is 0 Å². The first-order valence-electron chi connectivity index (χ1n) is 8.68. The van der Waals surface area contributed by atoms with Gasteiger partial charge in [0.25, 0.3) is 0 Å². The summed E-state index contributed by atoms with van der Waals surface area (Å²) in [6.45, 7) is 2.89. The maximum Gasteiger partial charge on any atom is 0.147 e. The number of hydrogen-bond acceptors (Lipinski definition) is 3. The zero-order valence-electron chi connectivity index (χ0n) is 15.3. The molecule has 0 saturated heterocycles. The molecule has 0 aliphatic carbocycles. The first-order chi connectivity index (χ1) is 13.3. The van der Waals surface area contributed by atoms with Gasteiger partial charge < -0.3 is 14.6 Å². The Balaban J connectivity index is 2.16. The summed E-state index contributed by atoms with van der Waals surface area (Å²) in [5.41, 5.74) is 2.25. The van der Waals surface area contributed by atoms with Gasteiger partial charge in [-0.3, -0.25) is 0 Å². The molecule has 0 spiro atoms. The van der Waals surface area contributed by atoms with Crippen LogP contribution in [0.5, 0.6) is 11.5 Å². The van der Waals surface area contributed by atoms with Crippen molar-refractivity contribution in [1.29, 1.82) is 0 Å². The van der Waals surface area contributed by atoms with E-state index in [9.17, 15) is 5.11 Å². The molecule has 0 aliphatic heterocycles. The van der Waals surface area contributed by atoms with Crippen molar-refractivity contribution in [1.82, 2.24) is 0 Å². The number of halogens is 4. The fraction of sp³-hybridized carbons (Fsp3) is 0.333. The largest absolute Gasteiger partial charge is 0.491 e. The topological polar surface area (TPSA) is 38.7 Å². The lowest BCUT2D eigenvalue weighted by molar-refractivity contribution is 0.111. The predicted molar refractivity (Wildman–Crippen MR) is 127 cm³/mol. The van der Waals surface area contributed by atoms with Gasteiger partial charge in [0, 0.05) is 6.42 Å². The Kier molecular flexibility index (Phi) is 9.85. The summed E-state index contributed by atoms with van der Waals surface area (Å²) >= 11 is 14.3. The molecule has 0 amide bonds. The molecule has 2 rings (SSSR count). The van der Waals surface area contributed by atoms with Crippen molar-refractivity contribution in [2.24, 2.45) is 0 Å². The van der Waals surface area contributed by atoms with Crippen LogP contribution in [0.2, 0.25) is 0 Å². The number of benzene rings is 2. The molecule has 150 valence electrons. The molecule has 3 nitrogen and oxygen atoms in total. The fourth-order valence-corrected chi connectivity index (χ4v) is 5.54. The van der Waals surface area contributed by atoms with Gasteiger partial charge in [-0.25, -0.2) is 0 Å². The van der Waals surface area contributed by atoms with Crippen LogP contribution in [0.15, 0.2) is 42.2 Å². The zero-order valence-corrected chi connectivity index (χ0v) is 21.6. The minimum Gasteiger partial charge on any atom is -0.491 e. The number of rotatable bonds is 9. The van der Waals surface area contributed by atoms with Gasteiger partial charge in [-0.2, -0.15) is 0 Å². The van der Waals surface area contributed by atoms with E-state index in [2.05, 4.69) is 88.7 Å². The Morgan fingerprint density at radius 3 is 1.82 bits per heavy atom. The van der Waals surface area contributed by atoms with E-state index >= 15 is 0 Å². The molecule has 1 atom stereocenters. The predicted octanol–water partition coefficient (Wildman–Crippen LogP) is 6.88. The Morgan fingerprint density at radius 1 is 0.929 bits per heavy atom. The molecule has 7 heteroatoms. The van der Waals surface area contributed by atoms with E-state index in [-0.39, 0.29) is 13.0 Å². The highest BCUT2D eigenvalue weighted by Gasteiger charge is 2.14. The van der Waals surface area contributed by atoms with Crippen LogP contribution >= 0.6 is 63.7 Å². The summed E-state index contributed by atoms with van der Waals surface area (Å²) in [5.74, 6) is 3.89. The van der Waals surface area contributed by atoms with E-state index in [1.54, 1.807) is 0 Å². The molecule has 2 aromatic rings. The minimum atomic E-state index is -0.688. The van der Waals surface area contributed by atoms with Crippen LogP contribution in [-0.4, -0.2) is 24.4 Å². The van der Waals surface area contributed by atoms with Crippen molar-refractivity contribution in [3.63, 3.8) is 0 Å². The second kappa shape index (κ2) is 11.6. The first-order valence-corrected chi connectivity index (χ1v) is 11.9. The van der Waals surface area contributed by atoms with Gasteiger partial charge in [0.15, 0.2) is 0 Å². The second-order valence-corrected chi connectivity index (χ2v) is 9.59. The summed E-state index contributed by atoms with van der Waals surface area (Å²) in [7, 11) is 0. The summed E-state index contributed by atoms with van der Waals surface area (Å²) in [5, 5.41) is 9.75. The molecule has 0 aromatic heterocycles. The van der Waals surface area contributed by atoms with Gasteiger partial charge in [-0.1, -0.05) is 6.92 Å². The lowest BCUT2D eigenvalue weighted by Crippen LogP contribution is -2.17. The minimum absolute atomic E-state index is 0.139. The summed E-state index contributed by atoms with van der Waals surface area (Å²) in [6, 6.07) is 8.16. The van der Waals surface area contributed by atoms with Crippen molar-refractivity contribution >= 4 is 63.7 Å². The molecule has 28 heavy (non-hydrogen) atoms. The third kappa shape index (κ3) is 6.77. The van der Waals surface area contributed by atoms with E-state index in [1.165, 1.54) is 0 Å². The standard InChI is InChI=1S/C21H20Br4O3/c1-3-5-15(26)12-28-21-18(24)10-14(11-19(21)25)7-13-8-16(22)20(17(23)9-13)27-6-4-2/h1,8-11,15,26H,4-7,12H2,2H3. The van der Waals surface area contributed by atoms with Crippen LogP contribution in [0.1, 0.15) is 30.9 Å². The average molecular weight is 640 g/mol. The van der Waals surface area contributed by atoms with Crippen LogP contribution in [0.4, 0.5) is 0 Å². The van der Waals surface area contributed by atoms with Crippen molar-refractivity contribution in [3.05, 3.63) is 53.3 Å². The van der Waals surface area contributed by atoms with Gasteiger partial charge in [0.05, 0.1) is 30.6 Å². The first kappa shape index (κ1) is 23.8. The molecule has 1 N–H and O–H groups in total. The Hall–Kier alpha value is -0.520. The van der Waals surface area contributed by atoms with Gasteiger partial charge in [0.1, 0.15) is 18.1 Å². The Morgan fingerprint density at radius 2 is 1.39 bits per heavy atom. The molecule has 0 fully saturated rings. The SMILES string of the molecule is C#CCC(O)COc1c(Br)cc(Cc2cc(Br)c(OCCC)c(Br)c2)cc1Br. The van der Waals surface area contributed by atoms with Crippen LogP contribution in [0.3, 0.4) is 0 Å². The number of terminal acetylenes is 1. The Bertz CT molecular complexity index is 815. The number of aliphatic hydroxyl groups excluding tert-OH is 1. The maximum absolute atomic E-state index is 9.75. The highest BCUT2D eigenvalue weighted by Crippen LogP contribution is 2.38. The summed E-state index contributed by atoms with van der Waals surface area (Å²) < 4.78 is 15.0. The van der Waals surface area contributed by atoms with E-state index in [0.717, 1.165) is 47.6 Å². The molecule has 0 saturated carbocycles. The number of aliphatic hydroxyl groups is 1. The maximum atomic E-state index is 9.75. The van der Waals surface area contributed by atoms with Gasteiger partial charge in [-0.05, 0) is 112 Å². The third-order valence-electron chi connectivity index (χ3n) is 3.75. The van der Waals surface area contributed by atoms with Crippen molar-refractivity contribution in [2.75, 3.05) is 13.2 Å². The van der Waals surface area contributed by atoms with Gasteiger partial charge >= 0.3 is 0 Å². The van der Waals surface area contributed by atoms with Gasteiger partial charge in [-0.15, -0.1) is 12.3 Å². The molecular weight excluding hydrogens is 620 g/mol. The fourth-order valence-electron chi connectivity index (χ4n) is 2.52. The number of hydrogen-bond donors (Lipinski definition) is 1.